The highest BCUT2D eigenvalue weighted by Gasteiger charge is 2.38. The fourth-order valence-electron chi connectivity index (χ4n) is 5.02. The third-order valence-corrected chi connectivity index (χ3v) is 8.75. The Morgan fingerprint density at radius 2 is 1.87 bits per heavy atom. The first-order chi connectivity index (χ1) is 14.7. The third-order valence-electron chi connectivity index (χ3n) is 6.67. The predicted octanol–water partition coefficient (Wildman–Crippen LogP) is 6.29. The highest BCUT2D eigenvalue weighted by Crippen LogP contribution is 2.47. The van der Waals surface area contributed by atoms with Gasteiger partial charge in [-0.25, -0.2) is 8.42 Å². The van der Waals surface area contributed by atoms with Crippen molar-refractivity contribution in [2.45, 2.75) is 56.8 Å². The number of hydrogen-bond donors (Lipinski definition) is 1. The first-order valence-corrected chi connectivity index (χ1v) is 13.3. The summed E-state index contributed by atoms with van der Waals surface area (Å²) in [6, 6.07) is 8.89. The second-order valence-electron chi connectivity index (χ2n) is 9.11. The van der Waals surface area contributed by atoms with Crippen LogP contribution < -0.4 is 4.72 Å². The van der Waals surface area contributed by atoms with Gasteiger partial charge in [0.25, 0.3) is 10.0 Å². The van der Waals surface area contributed by atoms with Crippen LogP contribution in [0.3, 0.4) is 0 Å². The number of benzene rings is 2. The van der Waals surface area contributed by atoms with Gasteiger partial charge in [0, 0.05) is 19.0 Å². The molecule has 4 rings (SSSR count). The molecule has 168 valence electrons. The zero-order valence-electron chi connectivity index (χ0n) is 18.3. The van der Waals surface area contributed by atoms with Gasteiger partial charge < -0.3 is 4.90 Å². The van der Waals surface area contributed by atoms with Gasteiger partial charge in [-0.2, -0.15) is 0 Å². The molecule has 0 aromatic heterocycles. The summed E-state index contributed by atoms with van der Waals surface area (Å²) in [5.41, 5.74) is 3.61. The molecule has 2 unspecified atom stereocenters. The lowest BCUT2D eigenvalue weighted by molar-refractivity contribution is 0.322. The van der Waals surface area contributed by atoms with Crippen LogP contribution in [0.2, 0.25) is 10.0 Å². The van der Waals surface area contributed by atoms with Gasteiger partial charge in [-0.3, -0.25) is 4.72 Å². The topological polar surface area (TPSA) is 49.4 Å². The standard InChI is InChI=1S/C24H30Cl2N2O2S/c1-4-11-28-13-17-7-10-19-20(21(17)14-28)12-22(25)24(23(19)26)27-31(29,30)18-8-5-16(6-9-18)15(2)3/h5-6,8-9,12,15,17,21,27H,4,7,10-11,13-14H2,1-3H3. The molecule has 31 heavy (non-hydrogen) atoms. The third kappa shape index (κ3) is 4.47. The normalized spacial score (nSPS) is 21.2. The van der Waals surface area contributed by atoms with E-state index in [2.05, 4.69) is 30.4 Å². The van der Waals surface area contributed by atoms with E-state index in [1.165, 1.54) is 5.56 Å². The Bertz CT molecular complexity index is 1070. The van der Waals surface area contributed by atoms with Gasteiger partial charge in [-0.05, 0) is 72.5 Å². The number of halogens is 2. The van der Waals surface area contributed by atoms with E-state index in [-0.39, 0.29) is 10.6 Å². The summed E-state index contributed by atoms with van der Waals surface area (Å²) < 4.78 is 28.7. The number of fused-ring (bicyclic) bond motifs is 3. The summed E-state index contributed by atoms with van der Waals surface area (Å²) in [6.45, 7) is 9.60. The van der Waals surface area contributed by atoms with Gasteiger partial charge in [-0.1, -0.05) is 56.1 Å². The molecule has 1 heterocycles. The SMILES string of the molecule is CCCN1CC2CCc3c(cc(Cl)c(NS(=O)(=O)c4ccc(C(C)C)cc4)c3Cl)C2C1. The molecule has 2 aliphatic rings. The van der Waals surface area contributed by atoms with Crippen molar-refractivity contribution in [2.24, 2.45) is 5.92 Å². The maximum Gasteiger partial charge on any atom is 0.261 e. The van der Waals surface area contributed by atoms with Gasteiger partial charge in [0.05, 0.1) is 20.6 Å². The zero-order valence-corrected chi connectivity index (χ0v) is 20.6. The number of rotatable bonds is 6. The quantitative estimate of drug-likeness (QED) is 0.528. The van der Waals surface area contributed by atoms with Crippen molar-refractivity contribution >= 4 is 38.9 Å². The molecule has 0 amide bonds. The lowest BCUT2D eigenvalue weighted by Gasteiger charge is -2.29. The van der Waals surface area contributed by atoms with E-state index in [0.717, 1.165) is 50.0 Å². The summed E-state index contributed by atoms with van der Waals surface area (Å²) >= 11 is 13.3. The van der Waals surface area contributed by atoms with Crippen molar-refractivity contribution in [3.8, 4) is 0 Å². The molecule has 1 aliphatic heterocycles. The predicted molar refractivity (Wildman–Crippen MR) is 129 cm³/mol. The molecule has 1 aliphatic carbocycles. The van der Waals surface area contributed by atoms with Crippen molar-refractivity contribution in [2.75, 3.05) is 24.4 Å². The molecule has 2 aromatic carbocycles. The van der Waals surface area contributed by atoms with Gasteiger partial charge in [0.1, 0.15) is 0 Å². The largest absolute Gasteiger partial charge is 0.302 e. The Morgan fingerprint density at radius 1 is 1.16 bits per heavy atom. The molecule has 1 saturated heterocycles. The molecule has 2 aromatic rings. The summed E-state index contributed by atoms with van der Waals surface area (Å²) in [7, 11) is -3.79. The fourth-order valence-corrected chi connectivity index (χ4v) is 6.88. The molecule has 0 spiro atoms. The molecule has 4 nitrogen and oxygen atoms in total. The summed E-state index contributed by atoms with van der Waals surface area (Å²) in [5, 5.41) is 0.804. The molecule has 2 atom stereocenters. The number of nitrogens with zero attached hydrogens (tertiary/aromatic N) is 1. The van der Waals surface area contributed by atoms with Crippen molar-refractivity contribution in [1.82, 2.24) is 4.90 Å². The average Bonchev–Trinajstić information content (AvgIpc) is 3.14. The molecular weight excluding hydrogens is 451 g/mol. The van der Waals surface area contributed by atoms with E-state index in [4.69, 9.17) is 23.2 Å². The minimum atomic E-state index is -3.79. The number of sulfonamides is 1. The Kier molecular flexibility index (Phi) is 6.60. The number of anilines is 1. The van der Waals surface area contributed by atoms with Crippen LogP contribution in [-0.2, 0) is 16.4 Å². The first-order valence-electron chi connectivity index (χ1n) is 11.1. The molecule has 7 heteroatoms. The Labute approximate surface area is 196 Å². The summed E-state index contributed by atoms with van der Waals surface area (Å²) in [6.07, 6.45) is 3.07. The van der Waals surface area contributed by atoms with Gasteiger partial charge in [0.15, 0.2) is 0 Å². The van der Waals surface area contributed by atoms with Gasteiger partial charge in [0.2, 0.25) is 0 Å². The summed E-state index contributed by atoms with van der Waals surface area (Å²) in [4.78, 5) is 2.72. The highest BCUT2D eigenvalue weighted by atomic mass is 35.5. The smallest absolute Gasteiger partial charge is 0.261 e. The van der Waals surface area contributed by atoms with E-state index < -0.39 is 10.0 Å². The van der Waals surface area contributed by atoms with Crippen molar-refractivity contribution in [1.29, 1.82) is 0 Å². The van der Waals surface area contributed by atoms with Crippen LogP contribution >= 0.6 is 23.2 Å². The Balaban J connectivity index is 1.63. The molecule has 0 saturated carbocycles. The molecule has 0 radical (unpaired) electrons. The van der Waals surface area contributed by atoms with Gasteiger partial charge >= 0.3 is 0 Å². The molecule has 1 fully saturated rings. The molecular formula is C24H30Cl2N2O2S. The molecule has 1 N–H and O–H groups in total. The minimum Gasteiger partial charge on any atom is -0.302 e. The van der Waals surface area contributed by atoms with Crippen LogP contribution in [0.5, 0.6) is 0 Å². The second kappa shape index (κ2) is 8.93. The Morgan fingerprint density at radius 3 is 2.52 bits per heavy atom. The lowest BCUT2D eigenvalue weighted by Crippen LogP contribution is -2.21. The van der Waals surface area contributed by atoms with Gasteiger partial charge in [-0.15, -0.1) is 0 Å². The van der Waals surface area contributed by atoms with Crippen molar-refractivity contribution in [3.63, 3.8) is 0 Å². The monoisotopic (exact) mass is 480 g/mol. The van der Waals surface area contributed by atoms with E-state index in [1.807, 2.05) is 18.2 Å². The van der Waals surface area contributed by atoms with E-state index in [9.17, 15) is 8.42 Å². The van der Waals surface area contributed by atoms with Crippen molar-refractivity contribution in [3.05, 3.63) is 57.1 Å². The maximum absolute atomic E-state index is 13.0. The van der Waals surface area contributed by atoms with E-state index in [1.54, 1.807) is 12.1 Å². The number of likely N-dealkylation sites (tertiary alicyclic amines) is 1. The lowest BCUT2D eigenvalue weighted by atomic mass is 9.77. The average molecular weight is 481 g/mol. The van der Waals surface area contributed by atoms with Crippen LogP contribution in [-0.4, -0.2) is 33.0 Å². The van der Waals surface area contributed by atoms with E-state index in [0.29, 0.717) is 27.8 Å². The zero-order chi connectivity index (χ0) is 22.3. The van der Waals surface area contributed by atoms with E-state index >= 15 is 0 Å². The van der Waals surface area contributed by atoms with Crippen molar-refractivity contribution < 1.29 is 8.42 Å². The fraction of sp³-hybridized carbons (Fsp3) is 0.500. The second-order valence-corrected chi connectivity index (χ2v) is 11.6. The number of nitrogens with one attached hydrogen (secondary N) is 1. The van der Waals surface area contributed by atoms with Crippen LogP contribution in [0, 0.1) is 5.92 Å². The van der Waals surface area contributed by atoms with Crippen LogP contribution in [0.4, 0.5) is 5.69 Å². The summed E-state index contributed by atoms with van der Waals surface area (Å²) in [5.74, 6) is 1.37. The Hall–Kier alpha value is -1.27. The maximum atomic E-state index is 13.0. The first kappa shape index (κ1) is 22.9. The molecule has 0 bridgehead atoms. The van der Waals surface area contributed by atoms with Crippen LogP contribution in [0.25, 0.3) is 0 Å². The highest BCUT2D eigenvalue weighted by molar-refractivity contribution is 7.92. The minimum absolute atomic E-state index is 0.202. The van der Waals surface area contributed by atoms with Crippen LogP contribution in [0.1, 0.15) is 62.1 Å². The number of hydrogen-bond acceptors (Lipinski definition) is 3. The van der Waals surface area contributed by atoms with Crippen LogP contribution in [0.15, 0.2) is 35.2 Å².